The largest absolute Gasteiger partial charge is 0.493 e. The summed E-state index contributed by atoms with van der Waals surface area (Å²) in [5.41, 5.74) is 1.46. The number of benzene rings is 1. The summed E-state index contributed by atoms with van der Waals surface area (Å²) in [6.07, 6.45) is 2.82. The van der Waals surface area contributed by atoms with Crippen LogP contribution >= 0.6 is 0 Å². The molecule has 8 nitrogen and oxygen atoms in total. The Labute approximate surface area is 156 Å². The molecule has 1 fully saturated rings. The Balaban J connectivity index is 1.56. The number of nitrogens with zero attached hydrogens (tertiary/aromatic N) is 3. The molecule has 1 aliphatic rings. The predicted octanol–water partition coefficient (Wildman–Crippen LogP) is 2.59. The number of methoxy groups -OCH3 is 2. The van der Waals surface area contributed by atoms with Crippen molar-refractivity contribution in [2.45, 2.75) is 12.5 Å². The van der Waals surface area contributed by atoms with Gasteiger partial charge in [0.05, 0.1) is 25.3 Å². The van der Waals surface area contributed by atoms with Gasteiger partial charge in [0.15, 0.2) is 11.5 Å². The van der Waals surface area contributed by atoms with Crippen LogP contribution in [0.3, 0.4) is 0 Å². The fourth-order valence-electron chi connectivity index (χ4n) is 3.11. The van der Waals surface area contributed by atoms with Crippen LogP contribution in [-0.2, 0) is 0 Å². The maximum Gasteiger partial charge on any atom is 0.259 e. The summed E-state index contributed by atoms with van der Waals surface area (Å²) in [5, 5.41) is 10.8. The highest BCUT2D eigenvalue weighted by atomic mass is 16.5. The van der Waals surface area contributed by atoms with Gasteiger partial charge >= 0.3 is 0 Å². The Morgan fingerprint density at radius 1 is 1.19 bits per heavy atom. The first-order valence-electron chi connectivity index (χ1n) is 8.77. The quantitative estimate of drug-likeness (QED) is 0.687. The zero-order valence-corrected chi connectivity index (χ0v) is 15.2. The molecule has 1 unspecified atom stereocenters. The van der Waals surface area contributed by atoms with E-state index in [9.17, 15) is 0 Å². The van der Waals surface area contributed by atoms with Crippen molar-refractivity contribution in [3.8, 4) is 34.3 Å². The second kappa shape index (κ2) is 7.63. The van der Waals surface area contributed by atoms with Gasteiger partial charge in [-0.15, -0.1) is 0 Å². The molecule has 4 rings (SSSR count). The number of ether oxygens (including phenoxy) is 2. The van der Waals surface area contributed by atoms with E-state index in [4.69, 9.17) is 14.0 Å². The van der Waals surface area contributed by atoms with Crippen LogP contribution in [-0.4, -0.2) is 48.5 Å². The van der Waals surface area contributed by atoms with E-state index in [0.717, 1.165) is 30.9 Å². The lowest BCUT2D eigenvalue weighted by Gasteiger charge is -2.11. The van der Waals surface area contributed by atoms with Crippen molar-refractivity contribution in [2.24, 2.45) is 0 Å². The van der Waals surface area contributed by atoms with Gasteiger partial charge in [0, 0.05) is 18.8 Å². The average molecular weight is 367 g/mol. The van der Waals surface area contributed by atoms with Crippen LogP contribution < -0.4 is 20.1 Å². The van der Waals surface area contributed by atoms with Crippen molar-refractivity contribution in [2.75, 3.05) is 32.6 Å². The number of rotatable bonds is 6. The van der Waals surface area contributed by atoms with Gasteiger partial charge in [-0.1, -0.05) is 11.2 Å². The minimum absolute atomic E-state index is 0.399. The number of pyridine rings is 1. The molecule has 27 heavy (non-hydrogen) atoms. The molecule has 2 N–H and O–H groups in total. The van der Waals surface area contributed by atoms with E-state index in [1.807, 2.05) is 30.3 Å². The highest BCUT2D eigenvalue weighted by Gasteiger charge is 2.18. The van der Waals surface area contributed by atoms with Crippen LogP contribution in [0.15, 0.2) is 41.1 Å². The van der Waals surface area contributed by atoms with Gasteiger partial charge in [-0.3, -0.25) is 0 Å². The lowest BCUT2D eigenvalue weighted by Crippen LogP contribution is -2.22. The molecule has 3 heterocycles. The lowest BCUT2D eigenvalue weighted by atomic mass is 10.1. The molecule has 1 aromatic carbocycles. The Morgan fingerprint density at radius 3 is 2.81 bits per heavy atom. The minimum atomic E-state index is 0.399. The number of hydrogen-bond donors (Lipinski definition) is 2. The summed E-state index contributed by atoms with van der Waals surface area (Å²) in [4.78, 5) is 8.93. The van der Waals surface area contributed by atoms with E-state index < -0.39 is 0 Å². The first kappa shape index (κ1) is 17.3. The monoisotopic (exact) mass is 367 g/mol. The molecule has 0 amide bonds. The van der Waals surface area contributed by atoms with Crippen molar-refractivity contribution < 1.29 is 14.0 Å². The molecule has 0 aliphatic carbocycles. The summed E-state index contributed by atoms with van der Waals surface area (Å²) in [7, 11) is 3.17. The van der Waals surface area contributed by atoms with Crippen molar-refractivity contribution in [1.82, 2.24) is 20.4 Å². The van der Waals surface area contributed by atoms with E-state index in [0.29, 0.717) is 34.8 Å². The van der Waals surface area contributed by atoms with Crippen LogP contribution in [0.25, 0.3) is 22.8 Å². The van der Waals surface area contributed by atoms with Crippen molar-refractivity contribution in [3.05, 3.63) is 36.5 Å². The van der Waals surface area contributed by atoms with E-state index in [1.54, 1.807) is 20.4 Å². The van der Waals surface area contributed by atoms with Gasteiger partial charge in [-0.2, -0.15) is 4.98 Å². The van der Waals surface area contributed by atoms with Crippen LogP contribution in [0.2, 0.25) is 0 Å². The Bertz CT molecular complexity index is 904. The maximum atomic E-state index is 5.44. The van der Waals surface area contributed by atoms with Gasteiger partial charge in [-0.25, -0.2) is 4.98 Å². The SMILES string of the molecule is COc1cccc(-c2noc(-c3ccc(NC4CCNC4)nc3)n2)c1OC. The Kier molecular flexibility index (Phi) is 4.88. The summed E-state index contributed by atoms with van der Waals surface area (Å²) < 4.78 is 16.2. The highest BCUT2D eigenvalue weighted by molar-refractivity contribution is 5.69. The van der Waals surface area contributed by atoms with Gasteiger partial charge in [0.25, 0.3) is 5.89 Å². The van der Waals surface area contributed by atoms with Crippen molar-refractivity contribution in [1.29, 1.82) is 0 Å². The fourth-order valence-corrected chi connectivity index (χ4v) is 3.11. The molecule has 0 saturated carbocycles. The Morgan fingerprint density at radius 2 is 2.11 bits per heavy atom. The summed E-state index contributed by atoms with van der Waals surface area (Å²) in [6, 6.07) is 9.78. The maximum absolute atomic E-state index is 5.44. The number of aromatic nitrogens is 3. The third-order valence-corrected chi connectivity index (χ3v) is 4.49. The van der Waals surface area contributed by atoms with Gasteiger partial charge in [-0.05, 0) is 37.2 Å². The van der Waals surface area contributed by atoms with Gasteiger partial charge < -0.3 is 24.6 Å². The van der Waals surface area contributed by atoms with Gasteiger partial charge in [0.2, 0.25) is 5.82 Å². The third-order valence-electron chi connectivity index (χ3n) is 4.49. The van der Waals surface area contributed by atoms with Crippen molar-refractivity contribution in [3.63, 3.8) is 0 Å². The van der Waals surface area contributed by atoms with Crippen LogP contribution in [0.1, 0.15) is 6.42 Å². The molecule has 0 bridgehead atoms. The standard InChI is InChI=1S/C19H21N5O3/c1-25-15-5-3-4-14(17(15)26-2)18-23-19(27-24-18)12-6-7-16(21-10-12)22-13-8-9-20-11-13/h3-7,10,13,20H,8-9,11H2,1-2H3,(H,21,22). The number of para-hydroxylation sites is 1. The van der Waals surface area contributed by atoms with Crippen LogP contribution in [0.4, 0.5) is 5.82 Å². The predicted molar refractivity (Wildman–Crippen MR) is 101 cm³/mol. The molecule has 1 saturated heterocycles. The zero-order chi connectivity index (χ0) is 18.6. The number of hydrogen-bond acceptors (Lipinski definition) is 8. The smallest absolute Gasteiger partial charge is 0.259 e. The molecule has 0 radical (unpaired) electrons. The van der Waals surface area contributed by atoms with E-state index in [1.165, 1.54) is 0 Å². The first-order valence-corrected chi connectivity index (χ1v) is 8.77. The third kappa shape index (κ3) is 3.56. The molecule has 2 aromatic heterocycles. The first-order chi connectivity index (χ1) is 13.3. The number of nitrogens with one attached hydrogen (secondary N) is 2. The number of anilines is 1. The molecular weight excluding hydrogens is 346 g/mol. The topological polar surface area (TPSA) is 94.3 Å². The van der Waals surface area contributed by atoms with Crippen LogP contribution in [0, 0.1) is 0 Å². The minimum Gasteiger partial charge on any atom is -0.493 e. The van der Waals surface area contributed by atoms with E-state index in [-0.39, 0.29) is 0 Å². The van der Waals surface area contributed by atoms with Crippen LogP contribution in [0.5, 0.6) is 11.5 Å². The molecule has 3 aromatic rings. The summed E-state index contributed by atoms with van der Waals surface area (Å²) in [5.74, 6) is 2.84. The molecule has 140 valence electrons. The highest BCUT2D eigenvalue weighted by Crippen LogP contribution is 2.37. The molecule has 8 heteroatoms. The van der Waals surface area contributed by atoms with Gasteiger partial charge in [0.1, 0.15) is 5.82 Å². The Hall–Kier alpha value is -3.13. The van der Waals surface area contributed by atoms with Crippen molar-refractivity contribution >= 4 is 5.82 Å². The summed E-state index contributed by atoms with van der Waals surface area (Å²) >= 11 is 0. The lowest BCUT2D eigenvalue weighted by molar-refractivity contribution is 0.355. The molecular formula is C19H21N5O3. The van der Waals surface area contributed by atoms with E-state index in [2.05, 4.69) is 25.8 Å². The second-order valence-electron chi connectivity index (χ2n) is 6.23. The van der Waals surface area contributed by atoms with E-state index >= 15 is 0 Å². The second-order valence-corrected chi connectivity index (χ2v) is 6.23. The molecule has 1 atom stereocenters. The fraction of sp³-hybridized carbons (Fsp3) is 0.316. The molecule has 1 aliphatic heterocycles. The average Bonchev–Trinajstić information content (AvgIpc) is 3.40. The zero-order valence-electron chi connectivity index (χ0n) is 15.2. The molecule has 0 spiro atoms. The normalized spacial score (nSPS) is 16.3. The summed E-state index contributed by atoms with van der Waals surface area (Å²) in [6.45, 7) is 1.99.